The molecular formula is C28H20N2O7. The Hall–Kier alpha value is -5.10. The number of anilines is 1. The highest BCUT2D eigenvalue weighted by molar-refractivity contribution is 6.51. The number of hydrogen-bond acceptors (Lipinski definition) is 8. The number of benzene rings is 3. The minimum Gasteiger partial charge on any atom is -0.507 e. The predicted octanol–water partition coefficient (Wildman–Crippen LogP) is 3.88. The molecule has 0 aliphatic carbocycles. The van der Waals surface area contributed by atoms with Crippen LogP contribution in [0.2, 0.25) is 0 Å². The fourth-order valence-electron chi connectivity index (χ4n) is 4.34. The quantitative estimate of drug-likeness (QED) is 0.190. The number of nitriles is 1. The van der Waals surface area contributed by atoms with Gasteiger partial charge in [-0.05, 0) is 60.2 Å². The monoisotopic (exact) mass is 496 g/mol. The van der Waals surface area contributed by atoms with Crippen LogP contribution in [0.25, 0.3) is 5.76 Å². The van der Waals surface area contributed by atoms with Crippen LogP contribution in [-0.2, 0) is 14.4 Å². The fraction of sp³-hybridized carbons (Fsp3) is 0.143. The molecule has 0 spiro atoms. The van der Waals surface area contributed by atoms with E-state index in [1.54, 1.807) is 54.6 Å². The number of aliphatic hydroxyl groups is 1. The normalized spacial score (nSPS) is 17.8. The Morgan fingerprint density at radius 3 is 2.32 bits per heavy atom. The molecule has 1 amide bonds. The van der Waals surface area contributed by atoms with Crippen molar-refractivity contribution in [1.82, 2.24) is 0 Å². The molecule has 1 saturated heterocycles. The summed E-state index contributed by atoms with van der Waals surface area (Å²) in [5.41, 5.74) is 1.42. The Bertz CT molecular complexity index is 1480. The number of ketones is 1. The van der Waals surface area contributed by atoms with Crippen molar-refractivity contribution in [3.63, 3.8) is 0 Å². The largest absolute Gasteiger partial charge is 0.507 e. The van der Waals surface area contributed by atoms with Crippen molar-refractivity contribution in [3.8, 4) is 23.3 Å². The molecule has 1 N–H and O–H groups in total. The SMILES string of the molecule is CC(=O)Oc1ccc(C2/C(=C(/O)c3ccc4c(c3)OCCO4)C(=O)C(=O)N2c2ccc(C#N)cc2)cc1. The van der Waals surface area contributed by atoms with Crippen molar-refractivity contribution >= 4 is 29.1 Å². The van der Waals surface area contributed by atoms with E-state index in [-0.39, 0.29) is 16.9 Å². The van der Waals surface area contributed by atoms with Crippen LogP contribution in [0, 0.1) is 11.3 Å². The van der Waals surface area contributed by atoms with E-state index >= 15 is 0 Å². The van der Waals surface area contributed by atoms with Crippen LogP contribution < -0.4 is 19.1 Å². The van der Waals surface area contributed by atoms with Gasteiger partial charge in [0.2, 0.25) is 0 Å². The number of rotatable bonds is 4. The molecule has 5 rings (SSSR count). The summed E-state index contributed by atoms with van der Waals surface area (Å²) in [4.78, 5) is 39.2. The summed E-state index contributed by atoms with van der Waals surface area (Å²) < 4.78 is 16.2. The van der Waals surface area contributed by atoms with E-state index in [1.807, 2.05) is 6.07 Å². The van der Waals surface area contributed by atoms with E-state index in [4.69, 9.17) is 19.5 Å². The first kappa shape index (κ1) is 23.6. The molecule has 3 aromatic rings. The molecule has 9 nitrogen and oxygen atoms in total. The van der Waals surface area contributed by atoms with E-state index in [0.29, 0.717) is 47.3 Å². The van der Waals surface area contributed by atoms with Crippen molar-refractivity contribution in [1.29, 1.82) is 5.26 Å². The summed E-state index contributed by atoms with van der Waals surface area (Å²) in [5.74, 6) is -1.35. The molecule has 37 heavy (non-hydrogen) atoms. The molecule has 3 aromatic carbocycles. The van der Waals surface area contributed by atoms with Gasteiger partial charge in [0.05, 0.1) is 23.2 Å². The summed E-state index contributed by atoms with van der Waals surface area (Å²) >= 11 is 0. The minimum absolute atomic E-state index is 0.119. The maximum Gasteiger partial charge on any atom is 0.308 e. The second-order valence-corrected chi connectivity index (χ2v) is 8.35. The van der Waals surface area contributed by atoms with Gasteiger partial charge in [0.25, 0.3) is 11.7 Å². The maximum absolute atomic E-state index is 13.3. The standard InChI is InChI=1S/C28H20N2O7/c1-16(31)37-21-9-4-18(5-10-21)25-24(26(32)19-6-11-22-23(14-19)36-13-12-35-22)27(33)28(34)30(25)20-7-2-17(15-29)3-8-20/h2-11,14,25,32H,12-13H2,1H3/b26-24-. The lowest BCUT2D eigenvalue weighted by molar-refractivity contribution is -0.132. The van der Waals surface area contributed by atoms with E-state index in [1.165, 1.54) is 24.0 Å². The van der Waals surface area contributed by atoms with Gasteiger partial charge >= 0.3 is 5.97 Å². The van der Waals surface area contributed by atoms with Gasteiger partial charge in [0.15, 0.2) is 11.5 Å². The van der Waals surface area contributed by atoms with Crippen molar-refractivity contribution in [2.24, 2.45) is 0 Å². The first-order valence-corrected chi connectivity index (χ1v) is 11.4. The van der Waals surface area contributed by atoms with Crippen molar-refractivity contribution < 1.29 is 33.7 Å². The molecule has 0 bridgehead atoms. The Labute approximate surface area is 211 Å². The molecule has 0 aromatic heterocycles. The van der Waals surface area contributed by atoms with Crippen molar-refractivity contribution in [2.75, 3.05) is 18.1 Å². The summed E-state index contributed by atoms with van der Waals surface area (Å²) in [6.07, 6.45) is 0. The summed E-state index contributed by atoms with van der Waals surface area (Å²) in [5, 5.41) is 20.5. The average Bonchev–Trinajstić information content (AvgIpc) is 3.18. The van der Waals surface area contributed by atoms with E-state index in [2.05, 4.69) is 0 Å². The third kappa shape index (κ3) is 4.36. The lowest BCUT2D eigenvalue weighted by Gasteiger charge is -2.25. The van der Waals surface area contributed by atoms with Crippen LogP contribution in [0.1, 0.15) is 29.7 Å². The Balaban J connectivity index is 1.65. The van der Waals surface area contributed by atoms with Crippen LogP contribution in [-0.4, -0.2) is 36.0 Å². The molecule has 1 fully saturated rings. The molecular weight excluding hydrogens is 476 g/mol. The molecule has 1 unspecified atom stereocenters. The Morgan fingerprint density at radius 1 is 1.00 bits per heavy atom. The highest BCUT2D eigenvalue weighted by Gasteiger charge is 2.47. The van der Waals surface area contributed by atoms with Crippen LogP contribution >= 0.6 is 0 Å². The number of fused-ring (bicyclic) bond motifs is 1. The van der Waals surface area contributed by atoms with Gasteiger partial charge in [-0.3, -0.25) is 19.3 Å². The summed E-state index contributed by atoms with van der Waals surface area (Å²) in [6.45, 7) is 2.02. The van der Waals surface area contributed by atoms with Crippen LogP contribution in [0.5, 0.6) is 17.2 Å². The second kappa shape index (κ2) is 9.51. The van der Waals surface area contributed by atoms with E-state index < -0.39 is 23.7 Å². The topological polar surface area (TPSA) is 126 Å². The van der Waals surface area contributed by atoms with Gasteiger partial charge < -0.3 is 19.3 Å². The first-order chi connectivity index (χ1) is 17.9. The molecule has 2 heterocycles. The second-order valence-electron chi connectivity index (χ2n) is 8.35. The van der Waals surface area contributed by atoms with Gasteiger partial charge in [-0.25, -0.2) is 0 Å². The molecule has 9 heteroatoms. The number of carbonyl (C=O) groups is 3. The Morgan fingerprint density at radius 2 is 1.68 bits per heavy atom. The van der Waals surface area contributed by atoms with E-state index in [0.717, 1.165) is 0 Å². The third-order valence-electron chi connectivity index (χ3n) is 5.99. The van der Waals surface area contributed by atoms with E-state index in [9.17, 15) is 19.5 Å². The molecule has 1 atom stereocenters. The maximum atomic E-state index is 13.3. The number of aliphatic hydroxyl groups excluding tert-OH is 1. The number of amides is 1. The van der Waals surface area contributed by atoms with Gasteiger partial charge in [-0.2, -0.15) is 5.26 Å². The highest BCUT2D eigenvalue weighted by atomic mass is 16.6. The molecule has 0 saturated carbocycles. The predicted molar refractivity (Wildman–Crippen MR) is 131 cm³/mol. The first-order valence-electron chi connectivity index (χ1n) is 11.4. The number of nitrogens with zero attached hydrogens (tertiary/aromatic N) is 2. The zero-order chi connectivity index (χ0) is 26.1. The Kier molecular flexibility index (Phi) is 6.07. The minimum atomic E-state index is -0.993. The molecule has 2 aliphatic rings. The summed E-state index contributed by atoms with van der Waals surface area (Å²) in [6, 6.07) is 18.3. The zero-order valence-corrected chi connectivity index (χ0v) is 19.6. The smallest absolute Gasteiger partial charge is 0.308 e. The number of ether oxygens (including phenoxy) is 3. The molecule has 0 radical (unpaired) electrons. The highest BCUT2D eigenvalue weighted by Crippen LogP contribution is 2.43. The number of Topliss-reactive ketones (excluding diaryl/α,β-unsaturated/α-hetero) is 1. The molecule has 184 valence electrons. The van der Waals surface area contributed by atoms with Crippen LogP contribution in [0.3, 0.4) is 0 Å². The number of carbonyl (C=O) groups excluding carboxylic acids is 3. The average molecular weight is 496 g/mol. The number of esters is 1. The van der Waals surface area contributed by atoms with Gasteiger partial charge in [-0.15, -0.1) is 0 Å². The lowest BCUT2D eigenvalue weighted by Crippen LogP contribution is -2.29. The van der Waals surface area contributed by atoms with Gasteiger partial charge in [0, 0.05) is 18.2 Å². The van der Waals surface area contributed by atoms with Crippen LogP contribution in [0.15, 0.2) is 72.3 Å². The third-order valence-corrected chi connectivity index (χ3v) is 5.99. The van der Waals surface area contributed by atoms with Gasteiger partial charge in [0.1, 0.15) is 24.7 Å². The van der Waals surface area contributed by atoms with Crippen molar-refractivity contribution in [2.45, 2.75) is 13.0 Å². The van der Waals surface area contributed by atoms with Crippen LogP contribution in [0.4, 0.5) is 5.69 Å². The number of hydrogen-bond donors (Lipinski definition) is 1. The fourth-order valence-corrected chi connectivity index (χ4v) is 4.34. The van der Waals surface area contributed by atoms with Crippen molar-refractivity contribution in [3.05, 3.63) is 89.0 Å². The lowest BCUT2D eigenvalue weighted by atomic mass is 9.95. The zero-order valence-electron chi connectivity index (χ0n) is 19.6. The molecule has 2 aliphatic heterocycles. The summed E-state index contributed by atoms with van der Waals surface area (Å²) in [7, 11) is 0. The van der Waals surface area contributed by atoms with Gasteiger partial charge in [-0.1, -0.05) is 12.1 Å².